The number of sulfonamides is 1. The smallest absolute Gasteiger partial charge is 0.252 e. The molecule has 0 heterocycles. The maximum absolute atomic E-state index is 12.4. The molecule has 0 atom stereocenters. The molecule has 2 N–H and O–H groups in total. The fraction of sp³-hybridized carbons (Fsp3) is 0.533. The predicted octanol–water partition coefficient (Wildman–Crippen LogP) is 2.69. The summed E-state index contributed by atoms with van der Waals surface area (Å²) in [6, 6.07) is 2.44. The van der Waals surface area contributed by atoms with Gasteiger partial charge in [0.15, 0.2) is 0 Å². The summed E-state index contributed by atoms with van der Waals surface area (Å²) in [5.74, 6) is -0.358. The maximum atomic E-state index is 12.4. The molecule has 0 fully saturated rings. The molecule has 1 rings (SSSR count). The Labute approximate surface area is 152 Å². The van der Waals surface area contributed by atoms with Gasteiger partial charge in [-0.2, -0.15) is 0 Å². The number of halogens is 2. The highest BCUT2D eigenvalue weighted by Crippen LogP contribution is 2.28. The van der Waals surface area contributed by atoms with Crippen LogP contribution in [0.25, 0.3) is 0 Å². The zero-order chi connectivity index (χ0) is 18.3. The zero-order valence-corrected chi connectivity index (χ0v) is 16.2. The fourth-order valence-electron chi connectivity index (χ4n) is 1.74. The van der Waals surface area contributed by atoms with Crippen molar-refractivity contribution in [3.8, 4) is 0 Å². The second-order valence-corrected chi connectivity index (χ2v) is 8.01. The van der Waals surface area contributed by atoms with Crippen molar-refractivity contribution in [3.63, 3.8) is 0 Å². The molecule has 0 saturated heterocycles. The highest BCUT2D eigenvalue weighted by molar-refractivity contribution is 7.89. The van der Waals surface area contributed by atoms with Crippen LogP contribution in [0, 0.1) is 5.92 Å². The first-order valence-electron chi connectivity index (χ1n) is 7.53. The van der Waals surface area contributed by atoms with Gasteiger partial charge in [0.25, 0.3) is 5.91 Å². The molecule has 24 heavy (non-hydrogen) atoms. The largest absolute Gasteiger partial charge is 0.380 e. The van der Waals surface area contributed by atoms with E-state index in [1.165, 1.54) is 12.1 Å². The molecular weight excluding hydrogens is 375 g/mol. The monoisotopic (exact) mass is 396 g/mol. The Morgan fingerprint density at radius 3 is 2.50 bits per heavy atom. The number of amides is 1. The molecule has 1 amide bonds. The number of carbonyl (C=O) groups is 1. The summed E-state index contributed by atoms with van der Waals surface area (Å²) in [6.07, 6.45) is 0. The lowest BCUT2D eigenvalue weighted by molar-refractivity contribution is 0.0922. The molecule has 1 aromatic carbocycles. The van der Waals surface area contributed by atoms with Crippen molar-refractivity contribution in [3.05, 3.63) is 27.7 Å². The number of hydrogen-bond acceptors (Lipinski definition) is 4. The Morgan fingerprint density at radius 1 is 1.25 bits per heavy atom. The van der Waals surface area contributed by atoms with E-state index in [9.17, 15) is 13.2 Å². The van der Waals surface area contributed by atoms with E-state index in [-0.39, 0.29) is 33.0 Å². The van der Waals surface area contributed by atoms with Crippen molar-refractivity contribution < 1.29 is 17.9 Å². The van der Waals surface area contributed by atoms with Gasteiger partial charge in [0.2, 0.25) is 10.0 Å². The minimum atomic E-state index is -3.83. The van der Waals surface area contributed by atoms with E-state index in [4.69, 9.17) is 27.9 Å². The van der Waals surface area contributed by atoms with Gasteiger partial charge in [-0.05, 0) is 25.0 Å². The molecule has 6 nitrogen and oxygen atoms in total. The van der Waals surface area contributed by atoms with E-state index in [0.29, 0.717) is 19.8 Å². The second kappa shape index (κ2) is 9.58. The molecule has 0 aliphatic carbocycles. The van der Waals surface area contributed by atoms with Crippen molar-refractivity contribution in [2.24, 2.45) is 5.92 Å². The maximum Gasteiger partial charge on any atom is 0.252 e. The first kappa shape index (κ1) is 21.2. The van der Waals surface area contributed by atoms with Gasteiger partial charge >= 0.3 is 0 Å². The van der Waals surface area contributed by atoms with Crippen molar-refractivity contribution >= 4 is 39.1 Å². The molecule has 0 aliphatic heterocycles. The number of nitrogens with one attached hydrogen (secondary N) is 2. The summed E-state index contributed by atoms with van der Waals surface area (Å²) < 4.78 is 32.3. The van der Waals surface area contributed by atoms with E-state index < -0.39 is 15.9 Å². The lowest BCUT2D eigenvalue weighted by atomic mass is 10.2. The highest BCUT2D eigenvalue weighted by atomic mass is 35.5. The minimum absolute atomic E-state index is 0.0397. The third kappa shape index (κ3) is 6.22. The molecule has 0 spiro atoms. The van der Waals surface area contributed by atoms with Crippen LogP contribution in [0.15, 0.2) is 17.0 Å². The number of benzene rings is 1. The molecule has 9 heteroatoms. The van der Waals surface area contributed by atoms with Gasteiger partial charge in [-0.1, -0.05) is 37.0 Å². The van der Waals surface area contributed by atoms with Crippen LogP contribution in [-0.2, 0) is 14.8 Å². The standard InChI is InChI=1S/C15H22Cl2N2O4S/c1-4-23-6-5-18-15(20)11-7-14(13(17)8-12(11)16)24(21,22)19-9-10(2)3/h7-8,10,19H,4-6,9H2,1-3H3,(H,18,20). The molecule has 0 aliphatic rings. The molecule has 0 radical (unpaired) electrons. The summed E-state index contributed by atoms with van der Waals surface area (Å²) in [5, 5.41) is 2.66. The summed E-state index contributed by atoms with van der Waals surface area (Å²) in [6.45, 7) is 7.05. The van der Waals surface area contributed by atoms with Crippen LogP contribution in [0.3, 0.4) is 0 Å². The minimum Gasteiger partial charge on any atom is -0.380 e. The Morgan fingerprint density at radius 2 is 1.92 bits per heavy atom. The Bertz CT molecular complexity index is 678. The number of ether oxygens (including phenoxy) is 1. The SMILES string of the molecule is CCOCCNC(=O)c1cc(S(=O)(=O)NCC(C)C)c(Cl)cc1Cl. The number of hydrogen-bond donors (Lipinski definition) is 2. The van der Waals surface area contributed by atoms with Crippen molar-refractivity contribution in [1.29, 1.82) is 0 Å². The molecule has 0 aromatic heterocycles. The summed E-state index contributed by atoms with van der Waals surface area (Å²) >= 11 is 12.0. The van der Waals surface area contributed by atoms with Gasteiger partial charge < -0.3 is 10.1 Å². The van der Waals surface area contributed by atoms with E-state index in [1.807, 2.05) is 20.8 Å². The first-order valence-corrected chi connectivity index (χ1v) is 9.77. The van der Waals surface area contributed by atoms with Crippen LogP contribution in [0.4, 0.5) is 0 Å². The van der Waals surface area contributed by atoms with Gasteiger partial charge in [-0.15, -0.1) is 0 Å². The zero-order valence-electron chi connectivity index (χ0n) is 13.9. The van der Waals surface area contributed by atoms with Crippen molar-refractivity contribution in [1.82, 2.24) is 10.0 Å². The molecule has 0 saturated carbocycles. The second-order valence-electron chi connectivity index (χ2n) is 5.46. The Balaban J connectivity index is 3.02. The van der Waals surface area contributed by atoms with E-state index in [1.54, 1.807) is 0 Å². The first-order chi connectivity index (χ1) is 11.2. The van der Waals surface area contributed by atoms with Crippen LogP contribution in [0.5, 0.6) is 0 Å². The van der Waals surface area contributed by atoms with E-state index in [0.717, 1.165) is 0 Å². The van der Waals surface area contributed by atoms with Crippen LogP contribution in [0.1, 0.15) is 31.1 Å². The van der Waals surface area contributed by atoms with Crippen molar-refractivity contribution in [2.45, 2.75) is 25.7 Å². The lowest BCUT2D eigenvalue weighted by Gasteiger charge is -2.13. The van der Waals surface area contributed by atoms with Crippen LogP contribution in [-0.4, -0.2) is 40.6 Å². The van der Waals surface area contributed by atoms with Gasteiger partial charge in [-0.25, -0.2) is 13.1 Å². The normalized spacial score (nSPS) is 11.8. The average Bonchev–Trinajstić information content (AvgIpc) is 2.49. The highest BCUT2D eigenvalue weighted by Gasteiger charge is 2.22. The van der Waals surface area contributed by atoms with Crippen LogP contribution < -0.4 is 10.0 Å². The summed E-state index contributed by atoms with van der Waals surface area (Å²) in [4.78, 5) is 12.0. The fourth-order valence-corrected chi connectivity index (χ4v) is 3.81. The predicted molar refractivity (Wildman–Crippen MR) is 95.3 cm³/mol. The molecule has 136 valence electrons. The number of rotatable bonds is 9. The van der Waals surface area contributed by atoms with Gasteiger partial charge in [-0.3, -0.25) is 4.79 Å². The average molecular weight is 397 g/mol. The van der Waals surface area contributed by atoms with Crippen molar-refractivity contribution in [2.75, 3.05) is 26.3 Å². The molecular formula is C15H22Cl2N2O4S. The summed E-state index contributed by atoms with van der Waals surface area (Å²) in [5.41, 5.74) is 0.0440. The molecule has 1 aromatic rings. The van der Waals surface area contributed by atoms with E-state index >= 15 is 0 Å². The third-order valence-electron chi connectivity index (χ3n) is 2.97. The Hall–Kier alpha value is -0.860. The summed E-state index contributed by atoms with van der Waals surface area (Å²) in [7, 11) is -3.83. The molecule has 0 unspecified atom stereocenters. The van der Waals surface area contributed by atoms with Gasteiger partial charge in [0.05, 0.1) is 22.2 Å². The van der Waals surface area contributed by atoms with Gasteiger partial charge in [0.1, 0.15) is 4.90 Å². The van der Waals surface area contributed by atoms with Crippen LogP contribution in [0.2, 0.25) is 10.0 Å². The lowest BCUT2D eigenvalue weighted by Crippen LogP contribution is -2.29. The number of carbonyl (C=O) groups excluding carboxylic acids is 1. The quantitative estimate of drug-likeness (QED) is 0.628. The third-order valence-corrected chi connectivity index (χ3v) is 5.17. The Kier molecular flexibility index (Phi) is 8.45. The van der Waals surface area contributed by atoms with Crippen LogP contribution >= 0.6 is 23.2 Å². The molecule has 0 bridgehead atoms. The van der Waals surface area contributed by atoms with E-state index in [2.05, 4.69) is 10.0 Å². The topological polar surface area (TPSA) is 84.5 Å². The van der Waals surface area contributed by atoms with Gasteiger partial charge in [0, 0.05) is 19.7 Å².